The van der Waals surface area contributed by atoms with Crippen LogP contribution in [-0.4, -0.2) is 41.1 Å². The Bertz CT molecular complexity index is 361. The third kappa shape index (κ3) is 2.63. The predicted molar refractivity (Wildman–Crippen MR) is 69.2 cm³/mol. The lowest BCUT2D eigenvalue weighted by molar-refractivity contribution is 0.226. The molecule has 1 aliphatic carbocycles. The first kappa shape index (κ1) is 11.1. The van der Waals surface area contributed by atoms with E-state index in [0.717, 1.165) is 24.5 Å². The molecule has 0 unspecified atom stereocenters. The monoisotopic (exact) mass is 234 g/mol. The number of aromatic nitrogens is 2. The molecule has 0 aromatic carbocycles. The maximum Gasteiger partial charge on any atom is 0.203 e. The second kappa shape index (κ2) is 4.69. The van der Waals surface area contributed by atoms with Gasteiger partial charge in [-0.1, -0.05) is 0 Å². The molecule has 3 rings (SSSR count). The standard InChI is InChI=1S/C13H22N4/c1-16-7-4-11(5-8-16)10-15-13-14-6-9-17(13)12-2-3-12/h6,9,11-12H,2-5,7-8,10H2,1H3,(H,14,15). The number of imidazole rings is 1. The Morgan fingerprint density at radius 2 is 2.06 bits per heavy atom. The van der Waals surface area contributed by atoms with Gasteiger partial charge >= 0.3 is 0 Å². The number of likely N-dealkylation sites (tertiary alicyclic amines) is 1. The number of rotatable bonds is 4. The molecule has 94 valence electrons. The van der Waals surface area contributed by atoms with Gasteiger partial charge in [0.2, 0.25) is 5.95 Å². The second-order valence-corrected chi connectivity index (χ2v) is 5.52. The minimum absolute atomic E-state index is 0.720. The van der Waals surface area contributed by atoms with Crippen LogP contribution in [0, 0.1) is 5.92 Å². The Balaban J connectivity index is 1.51. The number of piperidine rings is 1. The van der Waals surface area contributed by atoms with E-state index in [1.165, 1.54) is 38.8 Å². The van der Waals surface area contributed by atoms with Crippen LogP contribution in [0.2, 0.25) is 0 Å². The number of hydrogen-bond acceptors (Lipinski definition) is 3. The van der Waals surface area contributed by atoms with E-state index in [9.17, 15) is 0 Å². The van der Waals surface area contributed by atoms with Crippen LogP contribution in [0.4, 0.5) is 5.95 Å². The molecule has 4 heteroatoms. The van der Waals surface area contributed by atoms with Crippen molar-refractivity contribution in [3.8, 4) is 0 Å². The molecular weight excluding hydrogens is 212 g/mol. The molecule has 1 saturated carbocycles. The Labute approximate surface area is 103 Å². The maximum atomic E-state index is 4.42. The highest BCUT2D eigenvalue weighted by molar-refractivity contribution is 5.27. The summed E-state index contributed by atoms with van der Waals surface area (Å²) in [5, 5.41) is 3.53. The zero-order chi connectivity index (χ0) is 11.7. The van der Waals surface area contributed by atoms with E-state index < -0.39 is 0 Å². The summed E-state index contributed by atoms with van der Waals surface area (Å²) in [7, 11) is 2.21. The molecule has 0 radical (unpaired) electrons. The molecule has 0 spiro atoms. The fourth-order valence-corrected chi connectivity index (χ4v) is 2.60. The van der Waals surface area contributed by atoms with Crippen LogP contribution in [0.15, 0.2) is 12.4 Å². The largest absolute Gasteiger partial charge is 0.355 e. The summed E-state index contributed by atoms with van der Waals surface area (Å²) in [5.41, 5.74) is 0. The zero-order valence-electron chi connectivity index (χ0n) is 10.6. The fourth-order valence-electron chi connectivity index (χ4n) is 2.60. The average molecular weight is 234 g/mol. The highest BCUT2D eigenvalue weighted by atomic mass is 15.2. The fraction of sp³-hybridized carbons (Fsp3) is 0.769. The SMILES string of the molecule is CN1CCC(CNc2nccn2C2CC2)CC1. The average Bonchev–Trinajstić information content (AvgIpc) is 3.08. The second-order valence-electron chi connectivity index (χ2n) is 5.52. The summed E-state index contributed by atoms with van der Waals surface area (Å²) in [6.45, 7) is 3.56. The highest BCUT2D eigenvalue weighted by Gasteiger charge is 2.25. The van der Waals surface area contributed by atoms with Crippen LogP contribution in [0.5, 0.6) is 0 Å². The van der Waals surface area contributed by atoms with Gasteiger partial charge < -0.3 is 14.8 Å². The Morgan fingerprint density at radius 3 is 2.76 bits per heavy atom. The van der Waals surface area contributed by atoms with Crippen LogP contribution in [-0.2, 0) is 0 Å². The Hall–Kier alpha value is -1.03. The lowest BCUT2D eigenvalue weighted by Crippen LogP contribution is -2.33. The molecule has 0 atom stereocenters. The van der Waals surface area contributed by atoms with Crippen molar-refractivity contribution in [3.05, 3.63) is 12.4 Å². The molecule has 0 bridgehead atoms. The van der Waals surface area contributed by atoms with Crippen molar-refractivity contribution in [2.45, 2.75) is 31.7 Å². The van der Waals surface area contributed by atoms with E-state index >= 15 is 0 Å². The minimum Gasteiger partial charge on any atom is -0.355 e. The van der Waals surface area contributed by atoms with Crippen molar-refractivity contribution in [2.24, 2.45) is 5.92 Å². The smallest absolute Gasteiger partial charge is 0.203 e. The summed E-state index contributed by atoms with van der Waals surface area (Å²) in [5.74, 6) is 1.89. The first-order chi connectivity index (χ1) is 8.33. The quantitative estimate of drug-likeness (QED) is 0.864. The van der Waals surface area contributed by atoms with Gasteiger partial charge in [-0.15, -0.1) is 0 Å². The van der Waals surface area contributed by atoms with Crippen LogP contribution in [0.3, 0.4) is 0 Å². The molecule has 2 aliphatic rings. The molecule has 4 nitrogen and oxygen atoms in total. The molecule has 0 amide bonds. The number of nitrogens with one attached hydrogen (secondary N) is 1. The molecule has 1 aliphatic heterocycles. The Morgan fingerprint density at radius 1 is 1.29 bits per heavy atom. The van der Waals surface area contributed by atoms with Crippen LogP contribution in [0.25, 0.3) is 0 Å². The third-order valence-electron chi connectivity index (χ3n) is 4.00. The molecular formula is C13H22N4. The van der Waals surface area contributed by atoms with E-state index in [-0.39, 0.29) is 0 Å². The van der Waals surface area contributed by atoms with Crippen molar-refractivity contribution in [3.63, 3.8) is 0 Å². The van der Waals surface area contributed by atoms with Crippen LogP contribution >= 0.6 is 0 Å². The molecule has 2 heterocycles. The van der Waals surface area contributed by atoms with E-state index in [1.807, 2.05) is 6.20 Å². The van der Waals surface area contributed by atoms with Crippen molar-refractivity contribution in [1.29, 1.82) is 0 Å². The lowest BCUT2D eigenvalue weighted by Gasteiger charge is -2.29. The summed E-state index contributed by atoms with van der Waals surface area (Å²) in [6, 6.07) is 0.720. The minimum atomic E-state index is 0.720. The van der Waals surface area contributed by atoms with E-state index in [0.29, 0.717) is 0 Å². The third-order valence-corrected chi connectivity index (χ3v) is 4.00. The van der Waals surface area contributed by atoms with Crippen LogP contribution in [0.1, 0.15) is 31.7 Å². The van der Waals surface area contributed by atoms with Gasteiger partial charge in [-0.3, -0.25) is 0 Å². The van der Waals surface area contributed by atoms with Gasteiger partial charge in [0.15, 0.2) is 0 Å². The molecule has 1 aromatic heterocycles. The molecule has 1 N–H and O–H groups in total. The normalized spacial score (nSPS) is 22.9. The predicted octanol–water partition coefficient (Wildman–Crippen LogP) is 1.97. The molecule has 2 fully saturated rings. The number of hydrogen-bond donors (Lipinski definition) is 1. The molecule has 17 heavy (non-hydrogen) atoms. The summed E-state index contributed by atoms with van der Waals surface area (Å²) in [6.07, 6.45) is 9.28. The van der Waals surface area contributed by atoms with Crippen molar-refractivity contribution in [2.75, 3.05) is 32.0 Å². The maximum absolute atomic E-state index is 4.42. The van der Waals surface area contributed by atoms with E-state index in [4.69, 9.17) is 0 Å². The summed E-state index contributed by atoms with van der Waals surface area (Å²) >= 11 is 0. The van der Waals surface area contributed by atoms with Gasteiger partial charge in [-0.05, 0) is 51.7 Å². The Kier molecular flexibility index (Phi) is 3.05. The first-order valence-electron chi connectivity index (χ1n) is 6.78. The van der Waals surface area contributed by atoms with Crippen molar-refractivity contribution >= 4 is 5.95 Å². The number of anilines is 1. The van der Waals surface area contributed by atoms with E-state index in [1.54, 1.807) is 0 Å². The summed E-state index contributed by atoms with van der Waals surface area (Å²) < 4.78 is 2.30. The highest BCUT2D eigenvalue weighted by Crippen LogP contribution is 2.36. The lowest BCUT2D eigenvalue weighted by atomic mass is 9.97. The van der Waals surface area contributed by atoms with Crippen LogP contribution < -0.4 is 5.32 Å². The zero-order valence-corrected chi connectivity index (χ0v) is 10.6. The molecule has 1 saturated heterocycles. The van der Waals surface area contributed by atoms with Gasteiger partial charge in [0.05, 0.1) is 0 Å². The van der Waals surface area contributed by atoms with E-state index in [2.05, 4.69) is 33.0 Å². The summed E-state index contributed by atoms with van der Waals surface area (Å²) in [4.78, 5) is 6.84. The van der Waals surface area contributed by atoms with Crippen molar-refractivity contribution in [1.82, 2.24) is 14.5 Å². The van der Waals surface area contributed by atoms with Gasteiger partial charge in [0.25, 0.3) is 0 Å². The van der Waals surface area contributed by atoms with Gasteiger partial charge in [-0.2, -0.15) is 0 Å². The van der Waals surface area contributed by atoms with Gasteiger partial charge in [0.1, 0.15) is 0 Å². The van der Waals surface area contributed by atoms with Gasteiger partial charge in [-0.25, -0.2) is 4.98 Å². The van der Waals surface area contributed by atoms with Crippen molar-refractivity contribution < 1.29 is 0 Å². The number of nitrogens with zero attached hydrogens (tertiary/aromatic N) is 3. The first-order valence-corrected chi connectivity index (χ1v) is 6.78. The molecule has 1 aromatic rings. The topological polar surface area (TPSA) is 33.1 Å². The van der Waals surface area contributed by atoms with Gasteiger partial charge in [0, 0.05) is 25.0 Å².